The second-order valence-electron chi connectivity index (χ2n) is 8.42. The Morgan fingerprint density at radius 3 is 2.83 bits per heavy atom. The van der Waals surface area contributed by atoms with Crippen LogP contribution in [0.4, 0.5) is 14.9 Å². The number of carbonyl (C=O) groups excluding carboxylic acids is 2. The number of urea groups is 1. The summed E-state index contributed by atoms with van der Waals surface area (Å²) in [5.41, 5.74) is 1.81. The van der Waals surface area contributed by atoms with Crippen molar-refractivity contribution in [2.75, 3.05) is 18.6 Å². The molecule has 2 atom stereocenters. The summed E-state index contributed by atoms with van der Waals surface area (Å²) in [6, 6.07) is 9.29. The minimum Gasteiger partial charge on any atom is -0.494 e. The number of pyridine rings is 1. The molecule has 0 N–H and O–H groups in total. The van der Waals surface area contributed by atoms with Crippen molar-refractivity contribution >= 4 is 56.7 Å². The molecular formula is C26H20ClFN4O3S. The third kappa shape index (κ3) is 3.87. The van der Waals surface area contributed by atoms with Gasteiger partial charge in [0.2, 0.25) is 0 Å². The zero-order chi connectivity index (χ0) is 25.6. The fourth-order valence-electron chi connectivity index (χ4n) is 4.65. The number of anilines is 1. The number of methoxy groups -OCH3 is 1. The number of hydrogen-bond donors (Lipinski definition) is 0. The number of rotatable bonds is 5. The molecule has 0 saturated carbocycles. The van der Waals surface area contributed by atoms with Crippen LogP contribution in [0, 0.1) is 24.1 Å². The average Bonchev–Trinajstić information content (AvgIpc) is 3.30. The SMILES string of the molecule is COc1cc(C2=CC3C(S2)C(=O)N(c2cncc4cccc(C)c24)C(=O)N3CCC#N)c(Cl)cc1F. The molecule has 1 aromatic heterocycles. The smallest absolute Gasteiger partial charge is 0.332 e. The van der Waals surface area contributed by atoms with Gasteiger partial charge >= 0.3 is 6.03 Å². The van der Waals surface area contributed by atoms with E-state index in [0.29, 0.717) is 16.2 Å². The van der Waals surface area contributed by atoms with Crippen LogP contribution in [-0.4, -0.2) is 46.8 Å². The maximum atomic E-state index is 14.1. The molecular weight excluding hydrogens is 503 g/mol. The van der Waals surface area contributed by atoms with Crippen molar-refractivity contribution in [3.63, 3.8) is 0 Å². The van der Waals surface area contributed by atoms with E-state index in [1.54, 1.807) is 12.3 Å². The number of fused-ring (bicyclic) bond motifs is 2. The summed E-state index contributed by atoms with van der Waals surface area (Å²) in [5, 5.41) is 10.3. The molecule has 7 nitrogen and oxygen atoms in total. The lowest BCUT2D eigenvalue weighted by atomic mass is 10.0. The number of nitrogens with zero attached hydrogens (tertiary/aromatic N) is 4. The first kappa shape index (κ1) is 24.1. The Hall–Kier alpha value is -3.61. The van der Waals surface area contributed by atoms with Gasteiger partial charge in [0.25, 0.3) is 5.91 Å². The first-order valence-corrected chi connectivity index (χ1v) is 12.4. The Bertz CT molecular complexity index is 1480. The number of hydrogen-bond acceptors (Lipinski definition) is 6. The molecule has 3 heterocycles. The van der Waals surface area contributed by atoms with Crippen LogP contribution in [0.3, 0.4) is 0 Å². The number of imide groups is 1. The van der Waals surface area contributed by atoms with Crippen LogP contribution >= 0.6 is 23.4 Å². The van der Waals surface area contributed by atoms with Gasteiger partial charge in [-0.15, -0.1) is 11.8 Å². The van der Waals surface area contributed by atoms with Gasteiger partial charge in [-0.05, 0) is 30.7 Å². The Morgan fingerprint density at radius 1 is 1.28 bits per heavy atom. The monoisotopic (exact) mass is 522 g/mol. The second-order valence-corrected chi connectivity index (χ2v) is 10.0. The number of nitriles is 1. The van der Waals surface area contributed by atoms with Gasteiger partial charge in [-0.2, -0.15) is 5.26 Å². The van der Waals surface area contributed by atoms with Crippen LogP contribution in [0.5, 0.6) is 5.75 Å². The number of aromatic nitrogens is 1. The van der Waals surface area contributed by atoms with Gasteiger partial charge in [-0.3, -0.25) is 9.78 Å². The lowest BCUT2D eigenvalue weighted by Crippen LogP contribution is -2.62. The van der Waals surface area contributed by atoms with Crippen molar-refractivity contribution < 1.29 is 18.7 Å². The van der Waals surface area contributed by atoms with Gasteiger partial charge in [0.1, 0.15) is 5.25 Å². The predicted octanol–water partition coefficient (Wildman–Crippen LogP) is 5.55. The molecule has 2 aliphatic rings. The lowest BCUT2D eigenvalue weighted by molar-refractivity contribution is -0.119. The summed E-state index contributed by atoms with van der Waals surface area (Å²) in [6.45, 7) is 2.05. The van der Waals surface area contributed by atoms with Crippen molar-refractivity contribution in [3.8, 4) is 11.8 Å². The molecule has 5 rings (SSSR count). The fourth-order valence-corrected chi connectivity index (χ4v) is 6.32. The Morgan fingerprint density at radius 2 is 2.08 bits per heavy atom. The number of thioether (sulfide) groups is 1. The van der Waals surface area contributed by atoms with Crippen LogP contribution in [0.25, 0.3) is 15.7 Å². The van der Waals surface area contributed by atoms with Crippen LogP contribution in [0.1, 0.15) is 17.5 Å². The van der Waals surface area contributed by atoms with Crippen molar-refractivity contribution in [1.29, 1.82) is 5.26 Å². The highest BCUT2D eigenvalue weighted by Gasteiger charge is 2.50. The molecule has 36 heavy (non-hydrogen) atoms. The highest BCUT2D eigenvalue weighted by Crippen LogP contribution is 2.48. The molecule has 3 amide bonds. The molecule has 0 aliphatic carbocycles. The quantitative estimate of drug-likeness (QED) is 0.436. The maximum absolute atomic E-state index is 14.1. The third-order valence-corrected chi connectivity index (χ3v) is 7.99. The van der Waals surface area contributed by atoms with E-state index in [1.165, 1.54) is 36.0 Å². The van der Waals surface area contributed by atoms with E-state index in [1.807, 2.05) is 25.1 Å². The topological polar surface area (TPSA) is 86.5 Å². The van der Waals surface area contributed by atoms with Crippen LogP contribution in [0.2, 0.25) is 5.02 Å². The summed E-state index contributed by atoms with van der Waals surface area (Å²) in [6.07, 6.45) is 5.09. The van der Waals surface area contributed by atoms with E-state index in [4.69, 9.17) is 16.3 Å². The molecule has 0 radical (unpaired) electrons. The van der Waals surface area contributed by atoms with Crippen molar-refractivity contribution in [2.45, 2.75) is 24.6 Å². The molecule has 2 aromatic carbocycles. The summed E-state index contributed by atoms with van der Waals surface area (Å²) >= 11 is 7.60. The predicted molar refractivity (Wildman–Crippen MR) is 137 cm³/mol. The van der Waals surface area contributed by atoms with Crippen LogP contribution < -0.4 is 9.64 Å². The average molecular weight is 523 g/mol. The maximum Gasteiger partial charge on any atom is 0.332 e. The summed E-state index contributed by atoms with van der Waals surface area (Å²) < 4.78 is 19.2. The zero-order valence-corrected chi connectivity index (χ0v) is 20.9. The van der Waals surface area contributed by atoms with E-state index >= 15 is 0 Å². The number of ether oxygens (including phenoxy) is 1. The van der Waals surface area contributed by atoms with Crippen LogP contribution in [0.15, 0.2) is 48.8 Å². The first-order chi connectivity index (χ1) is 17.3. The second kappa shape index (κ2) is 9.45. The van der Waals surface area contributed by atoms with Crippen molar-refractivity contribution in [3.05, 3.63) is 70.8 Å². The minimum atomic E-state index is -0.678. The molecule has 0 bridgehead atoms. The number of amides is 3. The highest BCUT2D eigenvalue weighted by molar-refractivity contribution is 8.09. The van der Waals surface area contributed by atoms with Gasteiger partial charge in [-0.1, -0.05) is 29.8 Å². The van der Waals surface area contributed by atoms with E-state index in [-0.39, 0.29) is 23.7 Å². The van der Waals surface area contributed by atoms with E-state index < -0.39 is 29.0 Å². The Kier molecular flexibility index (Phi) is 6.33. The molecule has 10 heteroatoms. The molecule has 0 spiro atoms. The molecule has 1 saturated heterocycles. The summed E-state index contributed by atoms with van der Waals surface area (Å²) in [4.78, 5) is 35.2. The molecule has 3 aromatic rings. The molecule has 182 valence electrons. The molecule has 1 fully saturated rings. The van der Waals surface area contributed by atoms with Crippen LogP contribution in [-0.2, 0) is 4.79 Å². The number of halogens is 2. The van der Waals surface area contributed by atoms with Gasteiger partial charge in [0.15, 0.2) is 11.6 Å². The standard InChI is InChI=1S/C26H20ClFN4O3S/c1-14-5-3-6-15-12-30-13-20(23(14)15)32-25(33)24-19(31(26(32)34)8-4-7-29)11-22(36-24)16-9-21(35-2)18(28)10-17(16)27/h3,5-6,9-13,19,24H,4,8H2,1-2H3. The van der Waals surface area contributed by atoms with E-state index in [9.17, 15) is 19.2 Å². The zero-order valence-electron chi connectivity index (χ0n) is 19.4. The van der Waals surface area contributed by atoms with Gasteiger partial charge in [-0.25, -0.2) is 14.1 Å². The fraction of sp³-hybridized carbons (Fsp3) is 0.231. The Balaban J connectivity index is 1.60. The normalized spacial score (nSPS) is 19.4. The summed E-state index contributed by atoms with van der Waals surface area (Å²) in [5.74, 6) is -0.968. The summed E-state index contributed by atoms with van der Waals surface area (Å²) in [7, 11) is 1.36. The number of aryl methyl sites for hydroxylation is 1. The largest absolute Gasteiger partial charge is 0.494 e. The van der Waals surface area contributed by atoms with Crippen molar-refractivity contribution in [1.82, 2.24) is 9.88 Å². The first-order valence-electron chi connectivity index (χ1n) is 11.1. The molecule has 2 unspecified atom stereocenters. The minimum absolute atomic E-state index is 0.0217. The highest BCUT2D eigenvalue weighted by atomic mass is 35.5. The third-order valence-electron chi connectivity index (χ3n) is 6.33. The molecule has 2 aliphatic heterocycles. The Labute approximate surface area is 216 Å². The van der Waals surface area contributed by atoms with Gasteiger partial charge in [0.05, 0.1) is 42.5 Å². The lowest BCUT2D eigenvalue weighted by Gasteiger charge is -2.41. The van der Waals surface area contributed by atoms with E-state index in [0.717, 1.165) is 27.3 Å². The van der Waals surface area contributed by atoms with E-state index in [2.05, 4.69) is 11.1 Å². The van der Waals surface area contributed by atoms with Gasteiger partial charge in [0, 0.05) is 34.0 Å². The number of carbonyl (C=O) groups is 2. The number of benzene rings is 2. The van der Waals surface area contributed by atoms with Crippen molar-refractivity contribution in [2.24, 2.45) is 0 Å². The van der Waals surface area contributed by atoms with Gasteiger partial charge < -0.3 is 9.64 Å².